The first kappa shape index (κ1) is 13.2. The number of nitrogens with zero attached hydrogens (tertiary/aromatic N) is 1. The third-order valence-electron chi connectivity index (χ3n) is 2.49. The number of rotatable bonds is 2. The van der Waals surface area contributed by atoms with E-state index in [1.54, 1.807) is 0 Å². The number of nitrogens with two attached hydrogens (primary N) is 1. The number of carbonyl (C=O) groups excluding carboxylic acids is 2. The molecule has 7 heteroatoms. The largest absolute Gasteiger partial charge is 0.465 e. The Morgan fingerprint density at radius 2 is 2.05 bits per heavy atom. The first-order valence-electron chi connectivity index (χ1n) is 5.12. The van der Waals surface area contributed by atoms with Crippen LogP contribution in [0.2, 0.25) is 5.02 Å². The second-order valence-corrected chi connectivity index (χ2v) is 4.13. The van der Waals surface area contributed by atoms with Crippen LogP contribution in [0.1, 0.15) is 20.8 Å². The number of methoxy groups -OCH3 is 1. The van der Waals surface area contributed by atoms with Gasteiger partial charge in [-0.25, -0.2) is 14.2 Å². The monoisotopic (exact) mass is 282 g/mol. The highest BCUT2D eigenvalue weighted by atomic mass is 35.5. The molecule has 0 saturated heterocycles. The van der Waals surface area contributed by atoms with Crippen molar-refractivity contribution in [3.05, 3.63) is 40.3 Å². The van der Waals surface area contributed by atoms with Gasteiger partial charge in [0.05, 0.1) is 12.7 Å². The number of fused-ring (bicyclic) bond motifs is 1. The van der Waals surface area contributed by atoms with Crippen LogP contribution in [0, 0.1) is 5.82 Å². The maximum Gasteiger partial charge on any atom is 0.338 e. The normalized spacial score (nSPS) is 10.5. The van der Waals surface area contributed by atoms with Crippen molar-refractivity contribution in [1.29, 1.82) is 0 Å². The molecule has 0 fully saturated rings. The van der Waals surface area contributed by atoms with E-state index in [0.29, 0.717) is 0 Å². The molecule has 2 aromatic rings. The SMILES string of the molecule is COC(=O)c1cc(C(N)=O)nc2c(F)cc(Cl)cc12. The molecule has 5 nitrogen and oxygen atoms in total. The van der Waals surface area contributed by atoms with E-state index >= 15 is 0 Å². The molecule has 0 atom stereocenters. The van der Waals surface area contributed by atoms with E-state index in [1.807, 2.05) is 0 Å². The predicted molar refractivity (Wildman–Crippen MR) is 66.6 cm³/mol. The summed E-state index contributed by atoms with van der Waals surface area (Å²) < 4.78 is 18.4. The number of carbonyl (C=O) groups is 2. The number of ether oxygens (including phenoxy) is 1. The van der Waals surface area contributed by atoms with Crippen LogP contribution in [0.25, 0.3) is 10.9 Å². The van der Waals surface area contributed by atoms with Crippen molar-refractivity contribution in [2.24, 2.45) is 5.73 Å². The Hall–Kier alpha value is -2.21. The minimum Gasteiger partial charge on any atom is -0.465 e. The van der Waals surface area contributed by atoms with Crippen LogP contribution in [0.15, 0.2) is 18.2 Å². The quantitative estimate of drug-likeness (QED) is 0.853. The lowest BCUT2D eigenvalue weighted by Crippen LogP contribution is -2.15. The van der Waals surface area contributed by atoms with Crippen molar-refractivity contribution in [2.45, 2.75) is 0 Å². The summed E-state index contributed by atoms with van der Waals surface area (Å²) in [6.45, 7) is 0. The van der Waals surface area contributed by atoms with Gasteiger partial charge in [-0.1, -0.05) is 11.6 Å². The van der Waals surface area contributed by atoms with Gasteiger partial charge in [0.15, 0.2) is 5.82 Å². The summed E-state index contributed by atoms with van der Waals surface area (Å²) in [5, 5.41) is 0.255. The Labute approximate surface area is 112 Å². The minimum absolute atomic E-state index is 0.0253. The van der Waals surface area contributed by atoms with Crippen LogP contribution in [0.4, 0.5) is 4.39 Å². The minimum atomic E-state index is -0.874. The molecule has 2 rings (SSSR count). The van der Waals surface area contributed by atoms with Crippen molar-refractivity contribution in [2.75, 3.05) is 7.11 Å². The Morgan fingerprint density at radius 1 is 1.37 bits per heavy atom. The van der Waals surface area contributed by atoms with E-state index in [-0.39, 0.29) is 27.2 Å². The number of amides is 1. The number of hydrogen-bond donors (Lipinski definition) is 1. The summed E-state index contributed by atoms with van der Waals surface area (Å²) in [6, 6.07) is 3.54. The van der Waals surface area contributed by atoms with Crippen molar-refractivity contribution in [3.63, 3.8) is 0 Å². The third kappa shape index (κ3) is 2.34. The molecule has 0 saturated carbocycles. The Morgan fingerprint density at radius 3 is 2.63 bits per heavy atom. The van der Waals surface area contributed by atoms with Gasteiger partial charge in [-0.3, -0.25) is 4.79 Å². The summed E-state index contributed by atoms with van der Waals surface area (Å²) in [4.78, 5) is 26.6. The van der Waals surface area contributed by atoms with Gasteiger partial charge >= 0.3 is 5.97 Å². The molecule has 0 bridgehead atoms. The highest BCUT2D eigenvalue weighted by Gasteiger charge is 2.18. The highest BCUT2D eigenvalue weighted by molar-refractivity contribution is 6.31. The molecule has 0 aliphatic rings. The van der Waals surface area contributed by atoms with E-state index in [2.05, 4.69) is 9.72 Å². The average molecular weight is 283 g/mol. The number of esters is 1. The Kier molecular flexibility index (Phi) is 3.35. The lowest BCUT2D eigenvalue weighted by molar-refractivity contribution is 0.0603. The van der Waals surface area contributed by atoms with Gasteiger partial charge in [0.1, 0.15) is 11.2 Å². The van der Waals surface area contributed by atoms with Crippen LogP contribution < -0.4 is 5.73 Å². The van der Waals surface area contributed by atoms with E-state index in [0.717, 1.165) is 12.1 Å². The second-order valence-electron chi connectivity index (χ2n) is 3.69. The van der Waals surface area contributed by atoms with Gasteiger partial charge in [0.2, 0.25) is 0 Å². The average Bonchev–Trinajstić information content (AvgIpc) is 2.36. The van der Waals surface area contributed by atoms with E-state index in [1.165, 1.54) is 13.2 Å². The van der Waals surface area contributed by atoms with E-state index < -0.39 is 17.7 Å². The van der Waals surface area contributed by atoms with Crippen LogP contribution in [-0.2, 0) is 4.74 Å². The predicted octanol–water partition coefficient (Wildman–Crippen LogP) is 1.91. The number of hydrogen-bond acceptors (Lipinski definition) is 4. The number of benzene rings is 1. The zero-order valence-electron chi connectivity index (χ0n) is 9.74. The Balaban J connectivity index is 2.90. The van der Waals surface area contributed by atoms with Crippen molar-refractivity contribution < 1.29 is 18.7 Å². The fraction of sp³-hybridized carbons (Fsp3) is 0.0833. The van der Waals surface area contributed by atoms with Gasteiger partial charge in [-0.05, 0) is 18.2 Å². The molecular weight excluding hydrogens is 275 g/mol. The van der Waals surface area contributed by atoms with Crippen molar-refractivity contribution in [3.8, 4) is 0 Å². The molecule has 1 aromatic heterocycles. The number of halogens is 2. The van der Waals surface area contributed by atoms with Crippen LogP contribution in [-0.4, -0.2) is 24.0 Å². The zero-order chi connectivity index (χ0) is 14.2. The second kappa shape index (κ2) is 4.81. The molecule has 0 aliphatic carbocycles. The fourth-order valence-electron chi connectivity index (χ4n) is 1.66. The molecule has 0 radical (unpaired) electrons. The molecule has 0 unspecified atom stereocenters. The van der Waals surface area contributed by atoms with Crippen LogP contribution in [0.3, 0.4) is 0 Å². The summed E-state index contributed by atoms with van der Waals surface area (Å²) in [7, 11) is 1.17. The molecule has 1 aromatic carbocycles. The molecule has 0 spiro atoms. The van der Waals surface area contributed by atoms with Gasteiger partial charge in [0.25, 0.3) is 5.91 Å². The maximum atomic E-state index is 13.8. The molecular formula is C12H8ClFN2O3. The zero-order valence-corrected chi connectivity index (χ0v) is 10.5. The summed E-state index contributed by atoms with van der Waals surface area (Å²) in [5.74, 6) is -2.37. The summed E-state index contributed by atoms with van der Waals surface area (Å²) in [6.07, 6.45) is 0. The lowest BCUT2D eigenvalue weighted by Gasteiger charge is -2.07. The van der Waals surface area contributed by atoms with Gasteiger partial charge in [-0.15, -0.1) is 0 Å². The van der Waals surface area contributed by atoms with E-state index in [4.69, 9.17) is 17.3 Å². The van der Waals surface area contributed by atoms with Crippen LogP contribution >= 0.6 is 11.6 Å². The molecule has 19 heavy (non-hydrogen) atoms. The Bertz CT molecular complexity index is 703. The third-order valence-corrected chi connectivity index (χ3v) is 2.71. The highest BCUT2D eigenvalue weighted by Crippen LogP contribution is 2.25. The fourth-order valence-corrected chi connectivity index (χ4v) is 1.86. The van der Waals surface area contributed by atoms with Crippen molar-refractivity contribution >= 4 is 34.4 Å². The summed E-state index contributed by atoms with van der Waals surface area (Å²) >= 11 is 5.73. The van der Waals surface area contributed by atoms with E-state index in [9.17, 15) is 14.0 Å². The lowest BCUT2D eigenvalue weighted by atomic mass is 10.1. The topological polar surface area (TPSA) is 82.3 Å². The summed E-state index contributed by atoms with van der Waals surface area (Å²) in [5.41, 5.74) is 4.67. The number of primary amides is 1. The van der Waals surface area contributed by atoms with Crippen LogP contribution in [0.5, 0.6) is 0 Å². The van der Waals surface area contributed by atoms with Gasteiger partial charge in [0, 0.05) is 10.4 Å². The number of aromatic nitrogens is 1. The van der Waals surface area contributed by atoms with Gasteiger partial charge in [-0.2, -0.15) is 0 Å². The smallest absolute Gasteiger partial charge is 0.338 e. The molecule has 1 amide bonds. The molecule has 0 aliphatic heterocycles. The van der Waals surface area contributed by atoms with Crippen molar-refractivity contribution in [1.82, 2.24) is 4.98 Å². The number of pyridine rings is 1. The maximum absolute atomic E-state index is 13.8. The van der Waals surface area contributed by atoms with Gasteiger partial charge < -0.3 is 10.5 Å². The first-order valence-corrected chi connectivity index (χ1v) is 5.49. The molecule has 98 valence electrons. The standard InChI is InChI=1S/C12H8ClFN2O3/c1-19-12(18)7-4-9(11(15)17)16-10-6(7)2-5(13)3-8(10)14/h2-4H,1H3,(H2,15,17). The first-order chi connectivity index (χ1) is 8.93. The molecule has 1 heterocycles. The molecule has 2 N–H and O–H groups in total.